The zero-order chi connectivity index (χ0) is 11.5. The number of rotatable bonds is 3. The summed E-state index contributed by atoms with van der Waals surface area (Å²) >= 11 is 0. The van der Waals surface area contributed by atoms with Crippen molar-refractivity contribution >= 4 is 0 Å². The predicted molar refractivity (Wildman–Crippen MR) is 60.3 cm³/mol. The van der Waals surface area contributed by atoms with E-state index in [-0.39, 0.29) is 0 Å². The topological polar surface area (TPSA) is 52.9 Å². The second kappa shape index (κ2) is 4.82. The van der Waals surface area contributed by atoms with Gasteiger partial charge in [-0.3, -0.25) is 4.90 Å². The molecule has 4 nitrogen and oxygen atoms in total. The van der Waals surface area contributed by atoms with Crippen LogP contribution in [0.4, 0.5) is 0 Å². The summed E-state index contributed by atoms with van der Waals surface area (Å²) in [6.45, 7) is 1.72. The lowest BCUT2D eigenvalue weighted by Gasteiger charge is -2.16. The van der Waals surface area contributed by atoms with E-state index in [2.05, 4.69) is 0 Å². The Morgan fingerprint density at radius 1 is 1.25 bits per heavy atom. The molecular weight excluding hydrogens is 206 g/mol. The van der Waals surface area contributed by atoms with Gasteiger partial charge in [-0.25, -0.2) is 0 Å². The summed E-state index contributed by atoms with van der Waals surface area (Å²) in [5, 5.41) is 18.9. The van der Waals surface area contributed by atoms with Crippen molar-refractivity contribution in [2.75, 3.05) is 20.2 Å². The van der Waals surface area contributed by atoms with Crippen molar-refractivity contribution in [1.82, 2.24) is 4.90 Å². The highest BCUT2D eigenvalue weighted by Gasteiger charge is 2.29. The lowest BCUT2D eigenvalue weighted by molar-refractivity contribution is 0.0572. The van der Waals surface area contributed by atoms with Gasteiger partial charge in [0.25, 0.3) is 0 Å². The Morgan fingerprint density at radius 2 is 1.88 bits per heavy atom. The highest BCUT2D eigenvalue weighted by atomic mass is 16.5. The minimum atomic E-state index is -0.630. The maximum Gasteiger partial charge on any atom is 0.123 e. The Hall–Kier alpha value is -1.10. The fourth-order valence-electron chi connectivity index (χ4n) is 2.05. The van der Waals surface area contributed by atoms with Crippen LogP contribution in [0.15, 0.2) is 24.3 Å². The molecular formula is C12H17NO3. The van der Waals surface area contributed by atoms with Gasteiger partial charge in [0.2, 0.25) is 0 Å². The van der Waals surface area contributed by atoms with Crippen LogP contribution in [0.5, 0.6) is 5.75 Å². The van der Waals surface area contributed by atoms with Gasteiger partial charge in [-0.1, -0.05) is 18.2 Å². The zero-order valence-electron chi connectivity index (χ0n) is 9.34. The molecule has 2 atom stereocenters. The molecule has 0 aromatic heterocycles. The molecule has 0 amide bonds. The van der Waals surface area contributed by atoms with Crippen LogP contribution in [-0.4, -0.2) is 47.5 Å². The summed E-state index contributed by atoms with van der Waals surface area (Å²) in [4.78, 5) is 2.02. The van der Waals surface area contributed by atoms with Crippen molar-refractivity contribution in [1.29, 1.82) is 0 Å². The van der Waals surface area contributed by atoms with Crippen LogP contribution >= 0.6 is 0 Å². The quantitative estimate of drug-likeness (QED) is 0.770. The first-order valence-electron chi connectivity index (χ1n) is 5.41. The molecule has 2 rings (SSSR count). The Morgan fingerprint density at radius 3 is 2.50 bits per heavy atom. The smallest absolute Gasteiger partial charge is 0.123 e. The minimum Gasteiger partial charge on any atom is -0.496 e. The molecule has 4 heteroatoms. The highest BCUT2D eigenvalue weighted by Crippen LogP contribution is 2.21. The van der Waals surface area contributed by atoms with Crippen molar-refractivity contribution < 1.29 is 14.9 Å². The first-order valence-corrected chi connectivity index (χ1v) is 5.41. The van der Waals surface area contributed by atoms with Crippen molar-refractivity contribution in [3.63, 3.8) is 0 Å². The first kappa shape index (κ1) is 11.4. The number of para-hydroxylation sites is 1. The van der Waals surface area contributed by atoms with Gasteiger partial charge in [-0.2, -0.15) is 0 Å². The lowest BCUT2D eigenvalue weighted by atomic mass is 10.2. The number of nitrogens with zero attached hydrogens (tertiary/aromatic N) is 1. The van der Waals surface area contributed by atoms with Crippen LogP contribution in [0.3, 0.4) is 0 Å². The normalized spacial score (nSPS) is 25.9. The lowest BCUT2D eigenvalue weighted by Crippen LogP contribution is -2.22. The number of methoxy groups -OCH3 is 1. The standard InChI is InChI=1S/C12H17NO3/c1-16-12-5-3-2-4-9(12)6-13-7-10(14)11(15)8-13/h2-5,10-11,14-15H,6-8H2,1H3. The van der Waals surface area contributed by atoms with Crippen LogP contribution in [0, 0.1) is 0 Å². The molecule has 0 radical (unpaired) electrons. The van der Waals surface area contributed by atoms with E-state index < -0.39 is 12.2 Å². The molecule has 1 aromatic rings. The predicted octanol–water partition coefficient (Wildman–Crippen LogP) is 0.233. The molecule has 2 N–H and O–H groups in total. The number of β-amino-alcohol motifs (C(OH)–C–C–N with tert-alkyl or cyclic N) is 2. The van der Waals surface area contributed by atoms with E-state index in [0.717, 1.165) is 11.3 Å². The number of aliphatic hydroxyl groups is 2. The zero-order valence-corrected chi connectivity index (χ0v) is 9.34. The van der Waals surface area contributed by atoms with Crippen LogP contribution < -0.4 is 4.74 Å². The van der Waals surface area contributed by atoms with E-state index in [4.69, 9.17) is 4.74 Å². The van der Waals surface area contributed by atoms with Crippen molar-refractivity contribution in [3.05, 3.63) is 29.8 Å². The Balaban J connectivity index is 2.04. The molecule has 1 heterocycles. The van der Waals surface area contributed by atoms with E-state index in [1.54, 1.807) is 7.11 Å². The average molecular weight is 223 g/mol. The summed E-state index contributed by atoms with van der Waals surface area (Å²) in [5.74, 6) is 0.846. The molecule has 1 saturated heterocycles. The van der Waals surface area contributed by atoms with Gasteiger partial charge in [0.1, 0.15) is 5.75 Å². The third-order valence-corrected chi connectivity index (χ3v) is 2.92. The van der Waals surface area contributed by atoms with Gasteiger partial charge in [0, 0.05) is 25.2 Å². The second-order valence-corrected chi connectivity index (χ2v) is 4.14. The Kier molecular flexibility index (Phi) is 3.43. The third kappa shape index (κ3) is 2.35. The fraction of sp³-hybridized carbons (Fsp3) is 0.500. The van der Waals surface area contributed by atoms with Crippen LogP contribution in [0.25, 0.3) is 0 Å². The maximum absolute atomic E-state index is 9.45. The molecule has 1 aliphatic heterocycles. The molecule has 1 aliphatic rings. The molecule has 1 fully saturated rings. The van der Waals surface area contributed by atoms with Crippen LogP contribution in [-0.2, 0) is 6.54 Å². The summed E-state index contributed by atoms with van der Waals surface area (Å²) in [6.07, 6.45) is -1.26. The molecule has 16 heavy (non-hydrogen) atoms. The van der Waals surface area contributed by atoms with E-state index in [1.165, 1.54) is 0 Å². The van der Waals surface area contributed by atoms with E-state index >= 15 is 0 Å². The van der Waals surface area contributed by atoms with Gasteiger partial charge in [-0.05, 0) is 6.07 Å². The number of benzene rings is 1. The van der Waals surface area contributed by atoms with Crippen molar-refractivity contribution in [2.45, 2.75) is 18.8 Å². The van der Waals surface area contributed by atoms with E-state index in [0.29, 0.717) is 19.6 Å². The molecule has 0 aliphatic carbocycles. The monoisotopic (exact) mass is 223 g/mol. The van der Waals surface area contributed by atoms with Crippen molar-refractivity contribution in [2.24, 2.45) is 0 Å². The van der Waals surface area contributed by atoms with Crippen LogP contribution in [0.2, 0.25) is 0 Å². The van der Waals surface area contributed by atoms with Gasteiger partial charge < -0.3 is 14.9 Å². The molecule has 0 saturated carbocycles. The SMILES string of the molecule is COc1ccccc1CN1CC(O)C(O)C1. The average Bonchev–Trinajstić information content (AvgIpc) is 2.59. The van der Waals surface area contributed by atoms with Crippen molar-refractivity contribution in [3.8, 4) is 5.75 Å². The molecule has 2 unspecified atom stereocenters. The Bertz CT molecular complexity index is 346. The summed E-state index contributed by atoms with van der Waals surface area (Å²) < 4.78 is 5.26. The molecule has 0 bridgehead atoms. The van der Waals surface area contributed by atoms with E-state index in [9.17, 15) is 10.2 Å². The third-order valence-electron chi connectivity index (χ3n) is 2.92. The summed E-state index contributed by atoms with van der Waals surface area (Å²) in [6, 6.07) is 7.80. The number of hydrogen-bond acceptors (Lipinski definition) is 4. The summed E-state index contributed by atoms with van der Waals surface area (Å²) in [5.41, 5.74) is 1.08. The second-order valence-electron chi connectivity index (χ2n) is 4.14. The first-order chi connectivity index (χ1) is 7.70. The molecule has 88 valence electrons. The molecule has 0 spiro atoms. The minimum absolute atomic E-state index is 0.513. The van der Waals surface area contributed by atoms with Gasteiger partial charge in [-0.15, -0.1) is 0 Å². The Labute approximate surface area is 95.1 Å². The number of aliphatic hydroxyl groups excluding tert-OH is 2. The van der Waals surface area contributed by atoms with Gasteiger partial charge >= 0.3 is 0 Å². The number of ether oxygens (including phenoxy) is 1. The van der Waals surface area contributed by atoms with Crippen LogP contribution in [0.1, 0.15) is 5.56 Å². The summed E-state index contributed by atoms with van der Waals surface area (Å²) in [7, 11) is 1.65. The highest BCUT2D eigenvalue weighted by molar-refractivity contribution is 5.33. The van der Waals surface area contributed by atoms with Gasteiger partial charge in [0.05, 0.1) is 19.3 Å². The number of hydrogen-bond donors (Lipinski definition) is 2. The fourth-order valence-corrected chi connectivity index (χ4v) is 2.05. The maximum atomic E-state index is 9.45. The van der Waals surface area contributed by atoms with Gasteiger partial charge in [0.15, 0.2) is 0 Å². The largest absolute Gasteiger partial charge is 0.496 e. The molecule has 1 aromatic carbocycles. The number of likely N-dealkylation sites (tertiary alicyclic amines) is 1. The van der Waals surface area contributed by atoms with E-state index in [1.807, 2.05) is 29.2 Å².